The largest absolute Gasteiger partial charge is 0.497 e. The zero-order valence-corrected chi connectivity index (χ0v) is 16.4. The fourth-order valence-electron chi connectivity index (χ4n) is 2.46. The number of amidine groups is 1. The smallest absolute Gasteiger partial charge is 0.234 e. The van der Waals surface area contributed by atoms with Gasteiger partial charge < -0.3 is 15.4 Å². The fourth-order valence-corrected chi connectivity index (χ4v) is 3.66. The molecule has 3 rings (SSSR count). The molecule has 1 fully saturated rings. The summed E-state index contributed by atoms with van der Waals surface area (Å²) in [6.45, 7) is 0.335. The van der Waals surface area contributed by atoms with Gasteiger partial charge >= 0.3 is 0 Å². The third kappa shape index (κ3) is 5.24. The van der Waals surface area contributed by atoms with Crippen molar-refractivity contribution < 1.29 is 18.7 Å². The highest BCUT2D eigenvalue weighted by atomic mass is 35.5. The zero-order valence-electron chi connectivity index (χ0n) is 14.9. The van der Waals surface area contributed by atoms with Crippen LogP contribution < -0.4 is 15.4 Å². The van der Waals surface area contributed by atoms with Crippen LogP contribution in [-0.4, -0.2) is 29.3 Å². The molecule has 6 nitrogen and oxygen atoms in total. The molecule has 1 saturated heterocycles. The number of carbonyl (C=O) groups is 2. The van der Waals surface area contributed by atoms with E-state index in [1.54, 1.807) is 7.11 Å². The van der Waals surface area contributed by atoms with E-state index in [2.05, 4.69) is 15.6 Å². The minimum absolute atomic E-state index is 0.0440. The molecule has 146 valence electrons. The minimum atomic E-state index is -0.610. The van der Waals surface area contributed by atoms with Gasteiger partial charge in [-0.1, -0.05) is 35.5 Å². The van der Waals surface area contributed by atoms with Crippen LogP contribution in [0.4, 0.5) is 10.1 Å². The molecule has 1 atom stereocenters. The lowest BCUT2D eigenvalue weighted by molar-refractivity contribution is -0.125. The topological polar surface area (TPSA) is 79.8 Å². The predicted molar refractivity (Wildman–Crippen MR) is 107 cm³/mol. The van der Waals surface area contributed by atoms with Gasteiger partial charge in [-0.3, -0.25) is 9.59 Å². The molecule has 0 radical (unpaired) electrons. The Morgan fingerprint density at radius 3 is 2.79 bits per heavy atom. The van der Waals surface area contributed by atoms with Crippen molar-refractivity contribution in [2.45, 2.75) is 18.2 Å². The summed E-state index contributed by atoms with van der Waals surface area (Å²) in [7, 11) is 1.58. The molecule has 1 heterocycles. The highest BCUT2D eigenvalue weighted by Crippen LogP contribution is 2.26. The van der Waals surface area contributed by atoms with Crippen molar-refractivity contribution in [3.8, 4) is 5.75 Å². The monoisotopic (exact) mass is 421 g/mol. The number of nitrogens with one attached hydrogen (secondary N) is 2. The molecular formula is C19H17ClFN3O3S. The first-order valence-electron chi connectivity index (χ1n) is 8.35. The van der Waals surface area contributed by atoms with Gasteiger partial charge in [0.25, 0.3) is 0 Å². The summed E-state index contributed by atoms with van der Waals surface area (Å²) in [6, 6.07) is 11.3. The van der Waals surface area contributed by atoms with Crippen molar-refractivity contribution in [1.82, 2.24) is 10.6 Å². The second kappa shape index (κ2) is 9.07. The third-order valence-corrected chi connectivity index (χ3v) is 5.29. The second-order valence-corrected chi connectivity index (χ2v) is 7.54. The highest BCUT2D eigenvalue weighted by Gasteiger charge is 2.30. The standard InChI is InChI=1S/C19H17ClFN3O3S/c1-27-13-5-2-11(3-6-13)10-22-18(26)16-9-17(25)24-19(28-16)23-12-4-7-15(21)14(20)8-12/h2-8,16H,9-10H2,1H3,(H,22,26)(H,23,24,25)/t16-/m0/s1. The molecule has 0 unspecified atom stereocenters. The molecule has 1 aliphatic heterocycles. The molecule has 0 aliphatic carbocycles. The highest BCUT2D eigenvalue weighted by molar-refractivity contribution is 8.15. The summed E-state index contributed by atoms with van der Waals surface area (Å²) < 4.78 is 18.4. The van der Waals surface area contributed by atoms with Crippen LogP contribution in [0.2, 0.25) is 5.02 Å². The van der Waals surface area contributed by atoms with E-state index >= 15 is 0 Å². The number of benzene rings is 2. The number of aliphatic imine (C=N–C) groups is 1. The van der Waals surface area contributed by atoms with Gasteiger partial charge in [0.2, 0.25) is 11.8 Å². The first-order valence-corrected chi connectivity index (χ1v) is 9.61. The Bertz CT molecular complexity index is 921. The number of hydrogen-bond acceptors (Lipinski definition) is 5. The lowest BCUT2D eigenvalue weighted by Crippen LogP contribution is -2.43. The summed E-state index contributed by atoms with van der Waals surface area (Å²) in [5.41, 5.74) is 1.29. The molecule has 9 heteroatoms. The summed E-state index contributed by atoms with van der Waals surface area (Å²) in [5, 5.41) is 5.03. The quantitative estimate of drug-likeness (QED) is 0.775. The Hall–Kier alpha value is -2.58. The number of amides is 2. The molecule has 0 aromatic heterocycles. The SMILES string of the molecule is COc1ccc(CNC(=O)[C@@H]2CC(=O)NC(=Nc3ccc(F)c(Cl)c3)S2)cc1. The zero-order chi connectivity index (χ0) is 20.1. The molecule has 2 amide bonds. The average molecular weight is 422 g/mol. The summed E-state index contributed by atoms with van der Waals surface area (Å²) in [6.07, 6.45) is 0.0440. The number of rotatable bonds is 5. The van der Waals surface area contributed by atoms with E-state index in [4.69, 9.17) is 16.3 Å². The van der Waals surface area contributed by atoms with Crippen molar-refractivity contribution in [3.05, 3.63) is 58.9 Å². The Labute approximate surface area is 170 Å². The fraction of sp³-hybridized carbons (Fsp3) is 0.211. The van der Waals surface area contributed by atoms with Crippen molar-refractivity contribution in [1.29, 1.82) is 0 Å². The number of carbonyl (C=O) groups excluding carboxylic acids is 2. The molecular weight excluding hydrogens is 405 g/mol. The van der Waals surface area contributed by atoms with Crippen LogP contribution in [0.3, 0.4) is 0 Å². The Morgan fingerprint density at radius 2 is 2.11 bits per heavy atom. The summed E-state index contributed by atoms with van der Waals surface area (Å²) in [4.78, 5) is 28.7. The molecule has 1 aliphatic rings. The van der Waals surface area contributed by atoms with Crippen molar-refractivity contribution >= 4 is 46.0 Å². The average Bonchev–Trinajstić information content (AvgIpc) is 2.69. The Morgan fingerprint density at radius 1 is 1.36 bits per heavy atom. The van der Waals surface area contributed by atoms with Gasteiger partial charge in [-0.25, -0.2) is 9.38 Å². The molecule has 2 aromatic rings. The van der Waals surface area contributed by atoms with Gasteiger partial charge in [0.1, 0.15) is 11.6 Å². The summed E-state index contributed by atoms with van der Waals surface area (Å²) >= 11 is 6.89. The Kier molecular flexibility index (Phi) is 6.53. The van der Waals surface area contributed by atoms with Gasteiger partial charge in [0.05, 0.1) is 23.1 Å². The third-order valence-electron chi connectivity index (χ3n) is 3.92. The van der Waals surface area contributed by atoms with Crippen LogP contribution in [0, 0.1) is 5.82 Å². The van der Waals surface area contributed by atoms with Gasteiger partial charge in [-0.15, -0.1) is 0 Å². The van der Waals surface area contributed by atoms with Crippen LogP contribution >= 0.6 is 23.4 Å². The number of methoxy groups -OCH3 is 1. The van der Waals surface area contributed by atoms with E-state index in [0.29, 0.717) is 12.2 Å². The van der Waals surface area contributed by atoms with E-state index in [1.165, 1.54) is 18.2 Å². The maximum Gasteiger partial charge on any atom is 0.234 e. The molecule has 0 bridgehead atoms. The number of ether oxygens (including phenoxy) is 1. The lowest BCUT2D eigenvalue weighted by atomic mass is 10.2. The molecule has 2 N–H and O–H groups in total. The maximum absolute atomic E-state index is 13.3. The minimum Gasteiger partial charge on any atom is -0.497 e. The molecule has 28 heavy (non-hydrogen) atoms. The summed E-state index contributed by atoms with van der Waals surface area (Å²) in [5.74, 6) is -0.395. The maximum atomic E-state index is 13.3. The first kappa shape index (κ1) is 20.2. The molecule has 0 saturated carbocycles. The molecule has 2 aromatic carbocycles. The van der Waals surface area contributed by atoms with Gasteiger partial charge in [-0.2, -0.15) is 0 Å². The van der Waals surface area contributed by atoms with E-state index < -0.39 is 11.1 Å². The lowest BCUT2D eigenvalue weighted by Gasteiger charge is -2.22. The van der Waals surface area contributed by atoms with E-state index in [-0.39, 0.29) is 28.4 Å². The predicted octanol–water partition coefficient (Wildman–Crippen LogP) is 3.41. The number of halogens is 2. The van der Waals surface area contributed by atoms with E-state index in [1.807, 2.05) is 24.3 Å². The number of thioether (sulfide) groups is 1. The van der Waals surface area contributed by atoms with Crippen LogP contribution in [0.1, 0.15) is 12.0 Å². The van der Waals surface area contributed by atoms with Crippen molar-refractivity contribution in [2.24, 2.45) is 4.99 Å². The molecule has 0 spiro atoms. The van der Waals surface area contributed by atoms with E-state index in [0.717, 1.165) is 23.1 Å². The number of nitrogens with zero attached hydrogens (tertiary/aromatic N) is 1. The van der Waals surface area contributed by atoms with Crippen molar-refractivity contribution in [3.63, 3.8) is 0 Å². The van der Waals surface area contributed by atoms with Crippen LogP contribution in [0.5, 0.6) is 5.75 Å². The van der Waals surface area contributed by atoms with Gasteiger partial charge in [0, 0.05) is 13.0 Å². The number of hydrogen-bond donors (Lipinski definition) is 2. The van der Waals surface area contributed by atoms with Crippen LogP contribution in [-0.2, 0) is 16.1 Å². The second-order valence-electron chi connectivity index (χ2n) is 5.94. The van der Waals surface area contributed by atoms with Crippen LogP contribution in [0.15, 0.2) is 47.5 Å². The Balaban J connectivity index is 1.64. The van der Waals surface area contributed by atoms with Gasteiger partial charge in [-0.05, 0) is 35.9 Å². The van der Waals surface area contributed by atoms with E-state index in [9.17, 15) is 14.0 Å². The van der Waals surface area contributed by atoms with Crippen molar-refractivity contribution in [2.75, 3.05) is 7.11 Å². The van der Waals surface area contributed by atoms with Crippen LogP contribution in [0.25, 0.3) is 0 Å². The first-order chi connectivity index (χ1) is 13.4. The van der Waals surface area contributed by atoms with Gasteiger partial charge in [0.15, 0.2) is 5.17 Å². The normalized spacial score (nSPS) is 17.9.